The van der Waals surface area contributed by atoms with Crippen LogP contribution in [0.3, 0.4) is 0 Å². The van der Waals surface area contributed by atoms with Gasteiger partial charge in [0.05, 0.1) is 13.7 Å². The summed E-state index contributed by atoms with van der Waals surface area (Å²) < 4.78 is 16.0. The molecule has 3 rings (SSSR count). The van der Waals surface area contributed by atoms with Gasteiger partial charge in [-0.25, -0.2) is 4.79 Å². The van der Waals surface area contributed by atoms with Crippen LogP contribution >= 0.6 is 0 Å². The summed E-state index contributed by atoms with van der Waals surface area (Å²) in [5.74, 6) is 0.672. The average Bonchev–Trinajstić information content (AvgIpc) is 2.64. The molecule has 134 valence electrons. The van der Waals surface area contributed by atoms with E-state index in [1.807, 2.05) is 31.2 Å². The zero-order valence-electron chi connectivity index (χ0n) is 14.6. The van der Waals surface area contributed by atoms with Crippen molar-refractivity contribution in [1.82, 2.24) is 5.32 Å². The van der Waals surface area contributed by atoms with Gasteiger partial charge in [0.2, 0.25) is 0 Å². The summed E-state index contributed by atoms with van der Waals surface area (Å²) in [6.45, 7) is 2.53. The van der Waals surface area contributed by atoms with Gasteiger partial charge in [0.15, 0.2) is 11.3 Å². The van der Waals surface area contributed by atoms with E-state index in [0.717, 1.165) is 11.3 Å². The number of methoxy groups -OCH3 is 1. The van der Waals surface area contributed by atoms with Gasteiger partial charge in [0.1, 0.15) is 17.9 Å². The van der Waals surface area contributed by atoms with Crippen LogP contribution in [0.4, 0.5) is 0 Å². The maximum atomic E-state index is 12.3. The van der Waals surface area contributed by atoms with Gasteiger partial charge in [0, 0.05) is 5.39 Å². The lowest BCUT2D eigenvalue weighted by Gasteiger charge is -2.09. The standard InChI is InChI=1S/C20H19NO5/c1-13-5-3-7-15(11-13)25-10-9-21-19(22)16-12-14-6-4-8-17(24-2)18(14)26-20(16)23/h3-8,11-12H,9-10H2,1-2H3,(H,21,22). The van der Waals surface area contributed by atoms with Gasteiger partial charge in [-0.1, -0.05) is 24.3 Å². The number of fused-ring (bicyclic) bond motifs is 1. The van der Waals surface area contributed by atoms with Crippen LogP contribution in [-0.4, -0.2) is 26.2 Å². The predicted octanol–water partition coefficient (Wildman–Crippen LogP) is 2.92. The molecule has 2 aromatic carbocycles. The minimum absolute atomic E-state index is 0.0543. The second kappa shape index (κ2) is 7.74. The van der Waals surface area contributed by atoms with E-state index >= 15 is 0 Å². The van der Waals surface area contributed by atoms with Crippen LogP contribution < -0.4 is 20.4 Å². The van der Waals surface area contributed by atoms with Crippen LogP contribution in [0.15, 0.2) is 57.7 Å². The highest BCUT2D eigenvalue weighted by Gasteiger charge is 2.15. The molecular weight excluding hydrogens is 334 g/mol. The van der Waals surface area contributed by atoms with Crippen molar-refractivity contribution < 1.29 is 18.7 Å². The molecule has 0 aliphatic rings. The van der Waals surface area contributed by atoms with Gasteiger partial charge < -0.3 is 19.2 Å². The third-order valence-electron chi connectivity index (χ3n) is 3.83. The first-order chi connectivity index (χ1) is 12.6. The molecule has 26 heavy (non-hydrogen) atoms. The van der Waals surface area contributed by atoms with E-state index in [9.17, 15) is 9.59 Å². The van der Waals surface area contributed by atoms with E-state index in [4.69, 9.17) is 13.9 Å². The van der Waals surface area contributed by atoms with Gasteiger partial charge in [0.25, 0.3) is 5.91 Å². The number of amides is 1. The summed E-state index contributed by atoms with van der Waals surface area (Å²) in [5.41, 5.74) is 0.649. The van der Waals surface area contributed by atoms with Crippen LogP contribution in [0.25, 0.3) is 11.0 Å². The minimum atomic E-state index is -0.709. The Balaban J connectivity index is 1.66. The Labute approximate surface area is 150 Å². The summed E-state index contributed by atoms with van der Waals surface area (Å²) in [6, 6.07) is 14.3. The molecular formula is C20H19NO5. The largest absolute Gasteiger partial charge is 0.493 e. The number of rotatable bonds is 6. The van der Waals surface area contributed by atoms with E-state index in [1.54, 1.807) is 18.2 Å². The fourth-order valence-corrected chi connectivity index (χ4v) is 2.57. The first-order valence-electron chi connectivity index (χ1n) is 8.17. The molecule has 0 atom stereocenters. The zero-order valence-corrected chi connectivity index (χ0v) is 14.6. The molecule has 6 heteroatoms. The van der Waals surface area contributed by atoms with Crippen molar-refractivity contribution in [2.75, 3.05) is 20.3 Å². The number of ether oxygens (including phenoxy) is 2. The molecule has 3 aromatic rings. The molecule has 0 aliphatic heterocycles. The summed E-state index contributed by atoms with van der Waals surface area (Å²) in [7, 11) is 1.49. The lowest BCUT2D eigenvalue weighted by Crippen LogP contribution is -2.31. The van der Waals surface area contributed by atoms with Gasteiger partial charge in [-0.15, -0.1) is 0 Å². The van der Waals surface area contributed by atoms with Crippen molar-refractivity contribution in [3.63, 3.8) is 0 Å². The smallest absolute Gasteiger partial charge is 0.349 e. The van der Waals surface area contributed by atoms with E-state index < -0.39 is 11.5 Å². The molecule has 1 aromatic heterocycles. The van der Waals surface area contributed by atoms with Gasteiger partial charge >= 0.3 is 5.63 Å². The van der Waals surface area contributed by atoms with Crippen LogP contribution in [-0.2, 0) is 0 Å². The number of hydrogen-bond acceptors (Lipinski definition) is 5. The SMILES string of the molecule is COc1cccc2cc(C(=O)NCCOc3cccc(C)c3)c(=O)oc12. The summed E-state index contributed by atoms with van der Waals surface area (Å²) >= 11 is 0. The molecule has 0 saturated heterocycles. The van der Waals surface area contributed by atoms with Gasteiger partial charge in [-0.05, 0) is 36.8 Å². The summed E-state index contributed by atoms with van der Waals surface area (Å²) in [4.78, 5) is 24.4. The Morgan fingerprint density at radius 3 is 2.73 bits per heavy atom. The monoisotopic (exact) mass is 353 g/mol. The predicted molar refractivity (Wildman–Crippen MR) is 98.0 cm³/mol. The molecule has 0 radical (unpaired) electrons. The quantitative estimate of drug-likeness (QED) is 0.545. The summed E-state index contributed by atoms with van der Waals surface area (Å²) in [6.07, 6.45) is 0. The number of nitrogens with one attached hydrogen (secondary N) is 1. The van der Waals surface area contributed by atoms with Gasteiger partial charge in [-0.2, -0.15) is 0 Å². The average molecular weight is 353 g/mol. The molecule has 0 aliphatic carbocycles. The number of para-hydroxylation sites is 1. The maximum absolute atomic E-state index is 12.3. The van der Waals surface area contributed by atoms with Crippen molar-refractivity contribution in [1.29, 1.82) is 0 Å². The molecule has 1 N–H and O–H groups in total. The number of aryl methyl sites for hydroxylation is 1. The Morgan fingerprint density at radius 2 is 1.96 bits per heavy atom. The molecule has 1 amide bonds. The van der Waals surface area contributed by atoms with Crippen molar-refractivity contribution in [2.45, 2.75) is 6.92 Å². The molecule has 0 fully saturated rings. The highest BCUT2D eigenvalue weighted by Crippen LogP contribution is 2.24. The Kier molecular flexibility index (Phi) is 5.22. The second-order valence-corrected chi connectivity index (χ2v) is 5.75. The number of benzene rings is 2. The number of carbonyl (C=O) groups excluding carboxylic acids is 1. The Morgan fingerprint density at radius 1 is 1.15 bits per heavy atom. The lowest BCUT2D eigenvalue weighted by atomic mass is 10.1. The van der Waals surface area contributed by atoms with Crippen LogP contribution in [0.2, 0.25) is 0 Å². The third-order valence-corrected chi connectivity index (χ3v) is 3.83. The third kappa shape index (κ3) is 3.85. The molecule has 0 unspecified atom stereocenters. The van der Waals surface area contributed by atoms with Crippen LogP contribution in [0, 0.1) is 6.92 Å². The van der Waals surface area contributed by atoms with Crippen molar-refractivity contribution in [3.05, 3.63) is 70.1 Å². The Hall–Kier alpha value is -3.28. The zero-order chi connectivity index (χ0) is 18.5. The van der Waals surface area contributed by atoms with E-state index in [2.05, 4.69) is 5.32 Å². The Bertz CT molecular complexity index is 993. The van der Waals surface area contributed by atoms with Gasteiger partial charge in [-0.3, -0.25) is 4.79 Å². The first-order valence-corrected chi connectivity index (χ1v) is 8.17. The van der Waals surface area contributed by atoms with Crippen LogP contribution in [0.1, 0.15) is 15.9 Å². The fourth-order valence-electron chi connectivity index (χ4n) is 2.57. The molecule has 0 spiro atoms. The normalized spacial score (nSPS) is 10.5. The minimum Gasteiger partial charge on any atom is -0.493 e. The number of hydrogen-bond donors (Lipinski definition) is 1. The molecule has 6 nitrogen and oxygen atoms in total. The van der Waals surface area contributed by atoms with Crippen molar-refractivity contribution in [3.8, 4) is 11.5 Å². The molecule has 1 heterocycles. The highest BCUT2D eigenvalue weighted by atomic mass is 16.5. The maximum Gasteiger partial charge on any atom is 0.349 e. The summed E-state index contributed by atoms with van der Waals surface area (Å²) in [5, 5.41) is 3.28. The fraction of sp³-hybridized carbons (Fsp3) is 0.200. The van der Waals surface area contributed by atoms with Crippen LogP contribution in [0.5, 0.6) is 11.5 Å². The van der Waals surface area contributed by atoms with E-state index in [0.29, 0.717) is 23.3 Å². The van der Waals surface area contributed by atoms with E-state index in [-0.39, 0.29) is 12.1 Å². The highest BCUT2D eigenvalue weighted by molar-refractivity contribution is 5.97. The molecule has 0 saturated carbocycles. The van der Waals surface area contributed by atoms with Crippen molar-refractivity contribution >= 4 is 16.9 Å². The van der Waals surface area contributed by atoms with E-state index in [1.165, 1.54) is 13.2 Å². The first kappa shape index (κ1) is 17.5. The lowest BCUT2D eigenvalue weighted by molar-refractivity contribution is 0.0943. The van der Waals surface area contributed by atoms with Crippen molar-refractivity contribution in [2.24, 2.45) is 0 Å². The molecule has 0 bridgehead atoms. The topological polar surface area (TPSA) is 77.8 Å². The second-order valence-electron chi connectivity index (χ2n) is 5.75. The number of carbonyl (C=O) groups is 1.